The molecule has 0 saturated carbocycles. The van der Waals surface area contributed by atoms with Crippen molar-refractivity contribution in [2.75, 3.05) is 32.1 Å². The van der Waals surface area contributed by atoms with Crippen LogP contribution >= 0.6 is 12.2 Å². The Balaban J connectivity index is 2.04. The number of anilines is 1. The van der Waals surface area contributed by atoms with Crippen LogP contribution in [-0.2, 0) is 0 Å². The number of thiocarbonyl (C=S) groups is 1. The normalized spacial score (nSPS) is 17.7. The molecule has 0 aromatic carbocycles. The maximum Gasteiger partial charge on any atom is 0.147 e. The molecule has 1 aliphatic rings. The van der Waals surface area contributed by atoms with Crippen LogP contribution < -0.4 is 10.6 Å². The quantitative estimate of drug-likeness (QED) is 0.810. The summed E-state index contributed by atoms with van der Waals surface area (Å²) in [5.41, 5.74) is 6.08. The largest absolute Gasteiger partial charge is 0.388 e. The Kier molecular flexibility index (Phi) is 4.08. The topological polar surface area (TPSA) is 58.3 Å². The van der Waals surface area contributed by atoms with Crippen molar-refractivity contribution in [1.82, 2.24) is 14.9 Å². The van der Waals surface area contributed by atoms with Crippen molar-refractivity contribution in [3.8, 4) is 0 Å². The Labute approximate surface area is 113 Å². The highest BCUT2D eigenvalue weighted by Gasteiger charge is 2.21. The molecule has 1 aromatic heterocycles. The van der Waals surface area contributed by atoms with Crippen LogP contribution in [-0.4, -0.2) is 53.1 Å². The molecular weight excluding hydrogens is 246 g/mol. The van der Waals surface area contributed by atoms with Gasteiger partial charge in [-0.1, -0.05) is 12.2 Å². The summed E-state index contributed by atoms with van der Waals surface area (Å²) >= 11 is 4.87. The third kappa shape index (κ3) is 2.94. The molecule has 18 heavy (non-hydrogen) atoms. The van der Waals surface area contributed by atoms with Crippen molar-refractivity contribution >= 4 is 23.0 Å². The molecule has 0 bridgehead atoms. The minimum atomic E-state index is 0.288. The van der Waals surface area contributed by atoms with Gasteiger partial charge in [-0.25, -0.2) is 9.97 Å². The van der Waals surface area contributed by atoms with Crippen LogP contribution in [0.15, 0.2) is 12.4 Å². The second-order valence-electron chi connectivity index (χ2n) is 4.77. The van der Waals surface area contributed by atoms with E-state index < -0.39 is 0 Å². The van der Waals surface area contributed by atoms with E-state index in [9.17, 15) is 0 Å². The van der Waals surface area contributed by atoms with Gasteiger partial charge < -0.3 is 15.5 Å². The first-order chi connectivity index (χ1) is 8.58. The van der Waals surface area contributed by atoms with Gasteiger partial charge in [0.25, 0.3) is 0 Å². The van der Waals surface area contributed by atoms with Gasteiger partial charge in [-0.2, -0.15) is 0 Å². The fourth-order valence-electron chi connectivity index (χ4n) is 2.20. The zero-order valence-corrected chi connectivity index (χ0v) is 11.7. The molecule has 0 spiro atoms. The molecule has 2 N–H and O–H groups in total. The number of hydrogen-bond acceptors (Lipinski definition) is 5. The maximum atomic E-state index is 5.51. The summed E-state index contributed by atoms with van der Waals surface area (Å²) < 4.78 is 0. The standard InChI is InChI=1S/C12H19N5S/c1-16-5-3-9(4-6-16)17(2)11-8-14-10(7-15-11)12(13)18/h7-9H,3-6H2,1-2H3,(H2,13,18). The van der Waals surface area contributed by atoms with Crippen LogP contribution in [0.2, 0.25) is 0 Å². The lowest BCUT2D eigenvalue weighted by atomic mass is 10.0. The van der Waals surface area contributed by atoms with E-state index in [4.69, 9.17) is 18.0 Å². The Bertz CT molecular complexity index is 411. The highest BCUT2D eigenvalue weighted by molar-refractivity contribution is 7.80. The van der Waals surface area contributed by atoms with Crippen LogP contribution in [0, 0.1) is 0 Å². The minimum Gasteiger partial charge on any atom is -0.388 e. The third-order valence-corrected chi connectivity index (χ3v) is 3.70. The number of nitrogens with two attached hydrogens (primary N) is 1. The van der Waals surface area contributed by atoms with E-state index in [0.29, 0.717) is 11.7 Å². The van der Waals surface area contributed by atoms with Crippen LogP contribution in [0.3, 0.4) is 0 Å². The summed E-state index contributed by atoms with van der Waals surface area (Å²) in [6.45, 7) is 2.26. The highest BCUT2D eigenvalue weighted by Crippen LogP contribution is 2.19. The van der Waals surface area contributed by atoms with Gasteiger partial charge in [0.2, 0.25) is 0 Å². The number of likely N-dealkylation sites (tertiary alicyclic amines) is 1. The molecule has 1 saturated heterocycles. The monoisotopic (exact) mass is 265 g/mol. The van der Waals surface area contributed by atoms with E-state index in [0.717, 1.165) is 31.7 Å². The van der Waals surface area contributed by atoms with E-state index in [1.165, 1.54) is 0 Å². The Hall–Kier alpha value is -1.27. The summed E-state index contributed by atoms with van der Waals surface area (Å²) in [4.78, 5) is 13.4. The van der Waals surface area contributed by atoms with Crippen LogP contribution in [0.4, 0.5) is 5.82 Å². The minimum absolute atomic E-state index is 0.288. The summed E-state index contributed by atoms with van der Waals surface area (Å²) in [5.74, 6) is 0.879. The predicted octanol–water partition coefficient (Wildman–Crippen LogP) is 0.641. The number of aromatic nitrogens is 2. The molecule has 1 aromatic rings. The van der Waals surface area contributed by atoms with Crippen LogP contribution in [0.25, 0.3) is 0 Å². The van der Waals surface area contributed by atoms with Gasteiger partial charge in [-0.3, -0.25) is 0 Å². The predicted molar refractivity (Wildman–Crippen MR) is 76.8 cm³/mol. The number of nitrogens with zero attached hydrogens (tertiary/aromatic N) is 4. The lowest BCUT2D eigenvalue weighted by Gasteiger charge is -2.35. The molecule has 1 fully saturated rings. The molecule has 5 nitrogen and oxygen atoms in total. The Morgan fingerprint density at radius 3 is 2.56 bits per heavy atom. The number of rotatable bonds is 3. The first-order valence-electron chi connectivity index (χ1n) is 6.11. The smallest absolute Gasteiger partial charge is 0.147 e. The van der Waals surface area contributed by atoms with E-state index in [-0.39, 0.29) is 4.99 Å². The zero-order valence-electron chi connectivity index (χ0n) is 10.8. The van der Waals surface area contributed by atoms with E-state index >= 15 is 0 Å². The van der Waals surface area contributed by atoms with E-state index in [1.54, 1.807) is 12.4 Å². The second-order valence-corrected chi connectivity index (χ2v) is 5.21. The molecule has 2 heterocycles. The van der Waals surface area contributed by atoms with Gasteiger partial charge in [0, 0.05) is 13.1 Å². The summed E-state index contributed by atoms with van der Waals surface area (Å²) in [6.07, 6.45) is 5.70. The van der Waals surface area contributed by atoms with Crippen molar-refractivity contribution in [3.63, 3.8) is 0 Å². The van der Waals surface area contributed by atoms with Crippen molar-refractivity contribution in [3.05, 3.63) is 18.1 Å². The third-order valence-electron chi connectivity index (χ3n) is 3.49. The molecule has 0 aliphatic carbocycles. The average Bonchev–Trinajstić information content (AvgIpc) is 2.39. The van der Waals surface area contributed by atoms with Gasteiger partial charge in [0.05, 0.1) is 12.4 Å². The lowest BCUT2D eigenvalue weighted by molar-refractivity contribution is 0.252. The molecule has 2 rings (SSSR count). The zero-order chi connectivity index (χ0) is 13.1. The summed E-state index contributed by atoms with van der Waals surface area (Å²) in [5, 5.41) is 0. The molecule has 0 radical (unpaired) electrons. The highest BCUT2D eigenvalue weighted by atomic mass is 32.1. The average molecular weight is 265 g/mol. The molecule has 1 aliphatic heterocycles. The van der Waals surface area contributed by atoms with E-state index in [1.807, 2.05) is 0 Å². The molecule has 0 unspecified atom stereocenters. The van der Waals surface area contributed by atoms with Gasteiger partial charge in [-0.05, 0) is 33.0 Å². The lowest BCUT2D eigenvalue weighted by Crippen LogP contribution is -2.42. The maximum absolute atomic E-state index is 5.51. The summed E-state index contributed by atoms with van der Waals surface area (Å²) in [7, 11) is 4.23. The second kappa shape index (κ2) is 5.58. The van der Waals surface area contributed by atoms with Gasteiger partial charge in [0.1, 0.15) is 16.5 Å². The number of piperidine rings is 1. The van der Waals surface area contributed by atoms with E-state index in [2.05, 4.69) is 33.9 Å². The van der Waals surface area contributed by atoms with Crippen molar-refractivity contribution in [2.45, 2.75) is 18.9 Å². The van der Waals surface area contributed by atoms with Gasteiger partial charge in [0.15, 0.2) is 0 Å². The van der Waals surface area contributed by atoms with Gasteiger partial charge >= 0.3 is 0 Å². The summed E-state index contributed by atoms with van der Waals surface area (Å²) in [6, 6.07) is 0.533. The fraction of sp³-hybridized carbons (Fsp3) is 0.583. The number of hydrogen-bond donors (Lipinski definition) is 1. The van der Waals surface area contributed by atoms with Crippen molar-refractivity contribution in [2.24, 2.45) is 5.73 Å². The molecule has 0 amide bonds. The SMILES string of the molecule is CN1CCC(N(C)c2cnc(C(N)=S)cn2)CC1. The Morgan fingerprint density at radius 1 is 1.39 bits per heavy atom. The molecule has 98 valence electrons. The Morgan fingerprint density at radius 2 is 2.06 bits per heavy atom. The van der Waals surface area contributed by atoms with Crippen LogP contribution in [0.5, 0.6) is 0 Å². The molecule has 6 heteroatoms. The molecule has 0 atom stereocenters. The van der Waals surface area contributed by atoms with Gasteiger partial charge in [-0.15, -0.1) is 0 Å². The first-order valence-corrected chi connectivity index (χ1v) is 6.52. The molecular formula is C12H19N5S. The fourth-order valence-corrected chi connectivity index (χ4v) is 2.31. The van der Waals surface area contributed by atoms with Crippen molar-refractivity contribution in [1.29, 1.82) is 0 Å². The van der Waals surface area contributed by atoms with Crippen LogP contribution in [0.1, 0.15) is 18.5 Å². The van der Waals surface area contributed by atoms with Crippen molar-refractivity contribution < 1.29 is 0 Å². The first kappa shape index (κ1) is 13.2.